The number of hydrogen-bond donors (Lipinski definition) is 3. The van der Waals surface area contributed by atoms with Gasteiger partial charge in [0.1, 0.15) is 5.15 Å². The average Bonchev–Trinajstić information content (AvgIpc) is 3.72. The van der Waals surface area contributed by atoms with Crippen molar-refractivity contribution in [3.05, 3.63) is 107 Å². The van der Waals surface area contributed by atoms with Crippen LogP contribution >= 0.6 is 23.5 Å². The molecule has 2 heterocycles. The third-order valence-corrected chi connectivity index (χ3v) is 7.90. The van der Waals surface area contributed by atoms with Crippen LogP contribution in [0, 0.1) is 6.92 Å². The van der Waals surface area contributed by atoms with Crippen LogP contribution in [0.4, 0.5) is 23.0 Å². The fraction of sp³-hybridized carbons (Fsp3) is 0.194. The van der Waals surface area contributed by atoms with E-state index in [9.17, 15) is 0 Å². The van der Waals surface area contributed by atoms with Crippen molar-refractivity contribution in [1.29, 1.82) is 0 Å². The molecule has 0 atom stereocenters. The van der Waals surface area contributed by atoms with Gasteiger partial charge in [-0.25, -0.2) is 15.0 Å². The average molecular weight is 553 g/mol. The Balaban J connectivity index is 1.23. The molecule has 6 nitrogen and oxygen atoms in total. The molecule has 0 saturated heterocycles. The molecule has 0 radical (unpaired) electrons. The molecule has 0 amide bonds. The molecule has 0 aliphatic heterocycles. The quantitative estimate of drug-likeness (QED) is 0.125. The molecule has 8 heteroatoms. The van der Waals surface area contributed by atoms with Crippen molar-refractivity contribution >= 4 is 57.6 Å². The van der Waals surface area contributed by atoms with E-state index in [1.165, 1.54) is 23.1 Å². The molecule has 0 spiro atoms. The van der Waals surface area contributed by atoms with Crippen molar-refractivity contribution < 1.29 is 0 Å². The summed E-state index contributed by atoms with van der Waals surface area (Å²) in [4.78, 5) is 15.1. The van der Waals surface area contributed by atoms with Gasteiger partial charge < -0.3 is 15.4 Å². The Kier molecular flexibility index (Phi) is 7.02. The van der Waals surface area contributed by atoms with E-state index in [-0.39, 0.29) is 5.54 Å². The Morgan fingerprint density at radius 3 is 2.38 bits per heavy atom. The summed E-state index contributed by atoms with van der Waals surface area (Å²) in [6, 6.07) is 26.7. The van der Waals surface area contributed by atoms with E-state index < -0.39 is 0 Å². The molecule has 0 bridgehead atoms. The van der Waals surface area contributed by atoms with E-state index in [4.69, 9.17) is 21.6 Å². The number of pyridine rings is 1. The van der Waals surface area contributed by atoms with E-state index in [1.807, 2.05) is 36.5 Å². The van der Waals surface area contributed by atoms with Crippen LogP contribution in [0.25, 0.3) is 11.0 Å². The Morgan fingerprint density at radius 1 is 0.872 bits per heavy atom. The predicted molar refractivity (Wildman–Crippen MR) is 163 cm³/mol. The molecule has 6 rings (SSSR count). The molecule has 1 aliphatic rings. The molecule has 2 aromatic heterocycles. The van der Waals surface area contributed by atoms with Gasteiger partial charge in [0.25, 0.3) is 0 Å². The minimum Gasteiger partial charge on any atom is -0.375 e. The zero-order valence-corrected chi connectivity index (χ0v) is 23.4. The monoisotopic (exact) mass is 552 g/mol. The number of rotatable bonds is 9. The van der Waals surface area contributed by atoms with Gasteiger partial charge in [0, 0.05) is 22.5 Å². The van der Waals surface area contributed by atoms with E-state index in [1.54, 1.807) is 0 Å². The second kappa shape index (κ2) is 10.8. The van der Waals surface area contributed by atoms with Crippen molar-refractivity contribution in [3.63, 3.8) is 0 Å². The highest BCUT2D eigenvalue weighted by Crippen LogP contribution is 2.48. The van der Waals surface area contributed by atoms with Crippen molar-refractivity contribution in [3.8, 4) is 0 Å². The topological polar surface area (TPSA) is 74.8 Å². The zero-order valence-electron chi connectivity index (χ0n) is 21.8. The van der Waals surface area contributed by atoms with Crippen LogP contribution in [0.1, 0.15) is 36.5 Å². The maximum absolute atomic E-state index is 6.00. The highest BCUT2D eigenvalue weighted by Gasteiger charge is 2.44. The smallest absolute Gasteiger partial charge is 0.180 e. The van der Waals surface area contributed by atoms with E-state index >= 15 is 0 Å². The minimum absolute atomic E-state index is 0.0830. The summed E-state index contributed by atoms with van der Waals surface area (Å²) < 4.78 is 3.46. The van der Waals surface area contributed by atoms with Crippen molar-refractivity contribution in [1.82, 2.24) is 15.0 Å². The molecule has 0 unspecified atom stereocenters. The fourth-order valence-electron chi connectivity index (χ4n) is 4.72. The third kappa shape index (κ3) is 5.79. The van der Waals surface area contributed by atoms with Gasteiger partial charge in [-0.3, -0.25) is 0 Å². The van der Waals surface area contributed by atoms with E-state index in [2.05, 4.69) is 82.7 Å². The molecule has 1 aliphatic carbocycles. The number of anilines is 4. The highest BCUT2D eigenvalue weighted by molar-refractivity contribution is 8.00. The van der Waals surface area contributed by atoms with E-state index in [0.29, 0.717) is 16.8 Å². The van der Waals surface area contributed by atoms with Gasteiger partial charge in [-0.05, 0) is 103 Å². The van der Waals surface area contributed by atoms with Crippen LogP contribution in [0.15, 0.2) is 90.0 Å². The maximum atomic E-state index is 6.00. The molecule has 3 N–H and O–H groups in total. The first-order valence-electron chi connectivity index (χ1n) is 13.1. The van der Waals surface area contributed by atoms with Gasteiger partial charge in [-0.2, -0.15) is 0 Å². The standard InChI is InChI=1S/C31H29ClN6S/c1-3-21-15-20(2)16-24(17-21)34-29-30(36-27-10-5-4-9-26(27)35-29)38-39-25-8-6-7-23(18-25)37-31(13-14-31)22-11-12-28(32)33-19-22/h4-12,15-19,37H,3,13-14H2,1-2H3,(H,34,35)(H,36,38). The lowest BCUT2D eigenvalue weighted by molar-refractivity contribution is 0.801. The van der Waals surface area contributed by atoms with Crippen molar-refractivity contribution in [2.75, 3.05) is 15.4 Å². The highest BCUT2D eigenvalue weighted by atomic mass is 35.5. The van der Waals surface area contributed by atoms with Gasteiger partial charge in [0.2, 0.25) is 0 Å². The number of nitrogens with one attached hydrogen (secondary N) is 3. The number of halogens is 1. The summed E-state index contributed by atoms with van der Waals surface area (Å²) in [7, 11) is 0. The SMILES string of the molecule is CCc1cc(C)cc(Nc2nc3ccccc3nc2NSc2cccc(NC3(c4ccc(Cl)nc4)CC3)c2)c1. The van der Waals surface area contributed by atoms with Gasteiger partial charge in [0.05, 0.1) is 16.6 Å². The molecule has 39 heavy (non-hydrogen) atoms. The number of fused-ring (bicyclic) bond motifs is 1. The second-order valence-corrected chi connectivity index (χ2v) is 11.2. The molecule has 196 valence electrons. The summed E-state index contributed by atoms with van der Waals surface area (Å²) in [5.41, 5.74) is 7.31. The van der Waals surface area contributed by atoms with Crippen LogP contribution < -0.4 is 15.4 Å². The van der Waals surface area contributed by atoms with Crippen LogP contribution in [0.2, 0.25) is 5.15 Å². The number of nitrogens with zero attached hydrogens (tertiary/aromatic N) is 3. The maximum Gasteiger partial charge on any atom is 0.180 e. The molecular weight excluding hydrogens is 524 g/mol. The largest absolute Gasteiger partial charge is 0.375 e. The zero-order chi connectivity index (χ0) is 26.8. The molecule has 5 aromatic rings. The third-order valence-electron chi connectivity index (χ3n) is 6.89. The summed E-state index contributed by atoms with van der Waals surface area (Å²) in [5.74, 6) is 1.37. The van der Waals surface area contributed by atoms with Crippen LogP contribution in [-0.4, -0.2) is 15.0 Å². The number of para-hydroxylation sites is 2. The molecular formula is C31H29ClN6S. The fourth-order valence-corrected chi connectivity index (χ4v) is 5.53. The van der Waals surface area contributed by atoms with Crippen LogP contribution in [0.3, 0.4) is 0 Å². The lowest BCUT2D eigenvalue weighted by atomic mass is 10.1. The lowest BCUT2D eigenvalue weighted by Gasteiger charge is -2.19. The Hall–Kier alpha value is -3.81. The number of aryl methyl sites for hydroxylation is 2. The minimum atomic E-state index is -0.0830. The summed E-state index contributed by atoms with van der Waals surface area (Å²) >= 11 is 7.52. The van der Waals surface area contributed by atoms with Crippen molar-refractivity contribution in [2.24, 2.45) is 0 Å². The van der Waals surface area contributed by atoms with Gasteiger partial charge in [-0.15, -0.1) is 0 Å². The first kappa shape index (κ1) is 25.5. The number of aromatic nitrogens is 3. The first-order valence-corrected chi connectivity index (χ1v) is 14.3. The normalized spacial score (nSPS) is 13.7. The van der Waals surface area contributed by atoms with Crippen LogP contribution in [-0.2, 0) is 12.0 Å². The van der Waals surface area contributed by atoms with Crippen LogP contribution in [0.5, 0.6) is 0 Å². The Labute approximate surface area is 237 Å². The van der Waals surface area contributed by atoms with Gasteiger partial charge >= 0.3 is 0 Å². The van der Waals surface area contributed by atoms with Crippen molar-refractivity contribution in [2.45, 2.75) is 43.5 Å². The summed E-state index contributed by atoms with van der Waals surface area (Å²) in [6.45, 7) is 4.28. The summed E-state index contributed by atoms with van der Waals surface area (Å²) in [6.07, 6.45) is 4.96. The predicted octanol–water partition coefficient (Wildman–Crippen LogP) is 8.51. The Morgan fingerprint density at radius 2 is 1.67 bits per heavy atom. The molecule has 1 fully saturated rings. The summed E-state index contributed by atoms with van der Waals surface area (Å²) in [5, 5.41) is 7.75. The molecule has 1 saturated carbocycles. The Bertz CT molecular complexity index is 1630. The van der Waals surface area contributed by atoms with E-state index in [0.717, 1.165) is 52.1 Å². The second-order valence-electron chi connectivity index (χ2n) is 9.90. The number of hydrogen-bond acceptors (Lipinski definition) is 7. The first-order chi connectivity index (χ1) is 19.0. The van der Waals surface area contributed by atoms with Gasteiger partial charge in [-0.1, -0.05) is 48.9 Å². The lowest BCUT2D eigenvalue weighted by Crippen LogP contribution is -2.18. The number of benzene rings is 3. The van der Waals surface area contributed by atoms with Gasteiger partial charge in [0.15, 0.2) is 11.6 Å². The molecule has 3 aromatic carbocycles.